The van der Waals surface area contributed by atoms with Crippen molar-refractivity contribution in [2.45, 2.75) is 6.92 Å². The van der Waals surface area contributed by atoms with E-state index in [1.54, 1.807) is 0 Å². The van der Waals surface area contributed by atoms with Crippen LogP contribution in [0.4, 0.5) is 11.4 Å². The molecule has 1 N–H and O–H groups in total. The molecule has 2 heterocycles. The lowest BCUT2D eigenvalue weighted by Crippen LogP contribution is -1.93. The maximum Gasteiger partial charge on any atom is 0.137 e. The second-order valence-electron chi connectivity index (χ2n) is 14.1. The molecule has 11 aromatic rings. The number of nitrogens with one attached hydrogen (secondary N) is 1. The zero-order valence-corrected chi connectivity index (χ0v) is 30.4. The van der Waals surface area contributed by atoms with Crippen LogP contribution in [0.2, 0.25) is 0 Å². The molecule has 3 heteroatoms. The molecule has 54 heavy (non-hydrogen) atoms. The summed E-state index contributed by atoms with van der Waals surface area (Å²) in [6.07, 6.45) is 0. The average molecular weight is 708 g/mol. The Kier molecular flexibility index (Phi) is 6.98. The van der Waals surface area contributed by atoms with Crippen molar-refractivity contribution < 1.29 is 4.42 Å². The maximum absolute atomic E-state index is 6.58. The average Bonchev–Trinajstić information content (AvgIpc) is 3.80. The van der Waals surface area contributed by atoms with E-state index in [4.69, 9.17) is 4.42 Å². The Bertz CT molecular complexity index is 3270. The van der Waals surface area contributed by atoms with Crippen LogP contribution < -0.4 is 5.32 Å². The summed E-state index contributed by atoms with van der Waals surface area (Å²) >= 11 is 1.85. The minimum atomic E-state index is 0.864. The van der Waals surface area contributed by atoms with Crippen LogP contribution in [0.25, 0.3) is 97.0 Å². The predicted octanol–water partition coefficient (Wildman–Crippen LogP) is 15.3. The van der Waals surface area contributed by atoms with Gasteiger partial charge in [-0.2, -0.15) is 0 Å². The lowest BCUT2D eigenvalue weighted by atomic mass is 9.87. The molecule has 0 radical (unpaired) electrons. The van der Waals surface area contributed by atoms with Gasteiger partial charge in [-0.25, -0.2) is 0 Å². The smallest absolute Gasteiger partial charge is 0.137 e. The van der Waals surface area contributed by atoms with E-state index in [1.807, 2.05) is 11.3 Å². The van der Waals surface area contributed by atoms with Crippen LogP contribution in [0.15, 0.2) is 180 Å². The molecule has 0 saturated carbocycles. The van der Waals surface area contributed by atoms with Gasteiger partial charge >= 0.3 is 0 Å². The third-order valence-corrected chi connectivity index (χ3v) is 12.2. The summed E-state index contributed by atoms with van der Waals surface area (Å²) in [7, 11) is 0. The molecule has 0 amide bonds. The van der Waals surface area contributed by atoms with Crippen molar-refractivity contribution >= 4 is 86.4 Å². The first-order chi connectivity index (χ1) is 26.7. The van der Waals surface area contributed by atoms with Gasteiger partial charge in [-0.1, -0.05) is 121 Å². The summed E-state index contributed by atoms with van der Waals surface area (Å²) in [6.45, 7) is 2.26. The summed E-state index contributed by atoms with van der Waals surface area (Å²) in [5, 5.41) is 13.7. The van der Waals surface area contributed by atoms with Crippen LogP contribution in [0.5, 0.6) is 0 Å². The third-order valence-electron chi connectivity index (χ3n) is 11.1. The standard InChI is InChI=1S/C51H33NOS/c1-31-36(19-9-20-37(31)43-30-34-12-2-3-15-38(34)39-16-4-5-17-40(39)43)42-21-10-23-46-50(42)51-45(22-11-24-47(51)53-46)52-35-14-8-13-32(28-35)33-26-27-49-44(29-33)41-18-6-7-25-48(41)54-49/h2-30,52H,1H3. The van der Waals surface area contributed by atoms with Gasteiger partial charge in [0.1, 0.15) is 11.2 Å². The topological polar surface area (TPSA) is 25.2 Å². The van der Waals surface area contributed by atoms with Gasteiger partial charge in [0.25, 0.3) is 0 Å². The van der Waals surface area contributed by atoms with Crippen molar-refractivity contribution in [1.29, 1.82) is 0 Å². The van der Waals surface area contributed by atoms with E-state index in [9.17, 15) is 0 Å². The molecule has 2 aromatic heterocycles. The molecule has 0 unspecified atom stereocenters. The van der Waals surface area contributed by atoms with Gasteiger partial charge in [0.15, 0.2) is 0 Å². The SMILES string of the molecule is Cc1c(-c2cc3ccccc3c3ccccc23)cccc1-c1cccc2oc3cccc(Nc4cccc(-c5ccc6sc7ccccc7c6c5)c4)c3c12. The van der Waals surface area contributed by atoms with Gasteiger partial charge in [0, 0.05) is 31.2 Å². The first-order valence-corrected chi connectivity index (χ1v) is 19.2. The highest BCUT2D eigenvalue weighted by molar-refractivity contribution is 7.25. The Balaban J connectivity index is 1.04. The minimum absolute atomic E-state index is 0.864. The molecule has 0 saturated heterocycles. The van der Waals surface area contributed by atoms with Gasteiger partial charge in [0.05, 0.1) is 11.1 Å². The third kappa shape index (κ3) is 4.86. The van der Waals surface area contributed by atoms with E-state index >= 15 is 0 Å². The quantitative estimate of drug-likeness (QED) is 0.180. The molecule has 0 fully saturated rings. The number of benzene rings is 9. The Labute approximate surface area is 316 Å². The molecule has 2 nitrogen and oxygen atoms in total. The lowest BCUT2D eigenvalue weighted by Gasteiger charge is -2.16. The van der Waals surface area contributed by atoms with E-state index in [2.05, 4.69) is 188 Å². The molecule has 0 atom stereocenters. The number of furan rings is 1. The highest BCUT2D eigenvalue weighted by Crippen LogP contribution is 2.45. The Morgan fingerprint density at radius 3 is 1.96 bits per heavy atom. The van der Waals surface area contributed by atoms with Gasteiger partial charge in [-0.05, 0) is 122 Å². The summed E-state index contributed by atoms with van der Waals surface area (Å²) in [5.41, 5.74) is 12.3. The summed E-state index contributed by atoms with van der Waals surface area (Å²) in [6, 6.07) is 63.5. The van der Waals surface area contributed by atoms with Crippen LogP contribution in [-0.2, 0) is 0 Å². The highest BCUT2D eigenvalue weighted by Gasteiger charge is 2.19. The second kappa shape index (κ2) is 12.2. The Morgan fingerprint density at radius 1 is 0.426 bits per heavy atom. The number of anilines is 2. The van der Waals surface area contributed by atoms with Crippen molar-refractivity contribution in [3.05, 3.63) is 181 Å². The van der Waals surface area contributed by atoms with Gasteiger partial charge in [-0.15, -0.1) is 11.3 Å². The molecular weight excluding hydrogens is 675 g/mol. The van der Waals surface area contributed by atoms with Crippen molar-refractivity contribution in [3.8, 4) is 33.4 Å². The fourth-order valence-corrected chi connectivity index (χ4v) is 9.62. The van der Waals surface area contributed by atoms with E-state index < -0.39 is 0 Å². The van der Waals surface area contributed by atoms with E-state index in [0.717, 1.165) is 38.9 Å². The Morgan fingerprint density at radius 2 is 1.07 bits per heavy atom. The van der Waals surface area contributed by atoms with E-state index in [-0.39, 0.29) is 0 Å². The lowest BCUT2D eigenvalue weighted by molar-refractivity contribution is 0.669. The number of fused-ring (bicyclic) bond motifs is 9. The zero-order valence-electron chi connectivity index (χ0n) is 29.6. The summed E-state index contributed by atoms with van der Waals surface area (Å²) < 4.78 is 9.21. The molecule has 0 aliphatic rings. The number of rotatable bonds is 5. The van der Waals surface area contributed by atoms with Crippen LogP contribution in [0, 0.1) is 6.92 Å². The molecule has 9 aromatic carbocycles. The molecule has 11 rings (SSSR count). The minimum Gasteiger partial charge on any atom is -0.456 e. The van der Waals surface area contributed by atoms with Gasteiger partial charge < -0.3 is 9.73 Å². The summed E-state index contributed by atoms with van der Waals surface area (Å²) in [5.74, 6) is 0. The Hall–Kier alpha value is -6.68. The molecular formula is C51H33NOS. The first-order valence-electron chi connectivity index (χ1n) is 18.4. The number of hydrogen-bond donors (Lipinski definition) is 1. The summed E-state index contributed by atoms with van der Waals surface area (Å²) in [4.78, 5) is 0. The van der Waals surface area contributed by atoms with E-state index in [0.29, 0.717) is 0 Å². The molecule has 0 aliphatic heterocycles. The van der Waals surface area contributed by atoms with Crippen LogP contribution in [0.3, 0.4) is 0 Å². The van der Waals surface area contributed by atoms with Crippen molar-refractivity contribution in [2.24, 2.45) is 0 Å². The van der Waals surface area contributed by atoms with E-state index in [1.165, 1.54) is 75.1 Å². The van der Waals surface area contributed by atoms with Crippen molar-refractivity contribution in [3.63, 3.8) is 0 Å². The molecule has 0 aliphatic carbocycles. The molecule has 0 spiro atoms. The molecule has 0 bridgehead atoms. The number of thiophene rings is 1. The van der Waals surface area contributed by atoms with Crippen molar-refractivity contribution in [1.82, 2.24) is 0 Å². The fraction of sp³-hybridized carbons (Fsp3) is 0.0196. The van der Waals surface area contributed by atoms with Crippen LogP contribution >= 0.6 is 11.3 Å². The van der Waals surface area contributed by atoms with Crippen LogP contribution in [-0.4, -0.2) is 0 Å². The predicted molar refractivity (Wildman–Crippen MR) is 232 cm³/mol. The monoisotopic (exact) mass is 707 g/mol. The largest absolute Gasteiger partial charge is 0.456 e. The fourth-order valence-electron chi connectivity index (χ4n) is 8.53. The molecule has 254 valence electrons. The highest BCUT2D eigenvalue weighted by atomic mass is 32.1. The normalized spacial score (nSPS) is 11.8. The maximum atomic E-state index is 6.58. The zero-order chi connectivity index (χ0) is 35.8. The number of hydrogen-bond acceptors (Lipinski definition) is 3. The van der Waals surface area contributed by atoms with Gasteiger partial charge in [-0.3, -0.25) is 0 Å². The van der Waals surface area contributed by atoms with Gasteiger partial charge in [0.2, 0.25) is 0 Å². The first kappa shape index (κ1) is 30.9. The van der Waals surface area contributed by atoms with Crippen LogP contribution in [0.1, 0.15) is 5.56 Å². The second-order valence-corrected chi connectivity index (χ2v) is 15.2. The van der Waals surface area contributed by atoms with Crippen molar-refractivity contribution in [2.75, 3.05) is 5.32 Å².